The van der Waals surface area contributed by atoms with Crippen molar-refractivity contribution in [2.45, 2.75) is 175 Å². The van der Waals surface area contributed by atoms with Crippen LogP contribution in [-0.2, 0) is 4.79 Å². The highest BCUT2D eigenvalue weighted by atomic mass is 32.2. The van der Waals surface area contributed by atoms with E-state index < -0.39 is 0 Å². The van der Waals surface area contributed by atoms with E-state index in [1.54, 1.807) is 11.9 Å². The van der Waals surface area contributed by atoms with Crippen LogP contribution < -0.4 is 0 Å². The molecule has 0 bridgehead atoms. The Kier molecular flexibility index (Phi) is 27.9. The summed E-state index contributed by atoms with van der Waals surface area (Å²) in [6.07, 6.45) is 32.0. The molecule has 0 fully saturated rings. The Morgan fingerprint density at radius 2 is 0.848 bits per heavy atom. The van der Waals surface area contributed by atoms with Gasteiger partial charge in [0.1, 0.15) is 0 Å². The Bertz CT molecular complexity index is 387. The zero-order valence-corrected chi connectivity index (χ0v) is 24.0. The van der Waals surface area contributed by atoms with E-state index in [0.29, 0.717) is 5.91 Å². The van der Waals surface area contributed by atoms with Crippen LogP contribution in [0.15, 0.2) is 0 Å². The molecule has 198 valence electrons. The number of carbonyl (C=O) groups is 1. The Hall–Kier alpha value is -0.180. The van der Waals surface area contributed by atoms with Gasteiger partial charge in [0.2, 0.25) is 5.91 Å². The molecule has 0 aliphatic heterocycles. The lowest BCUT2D eigenvalue weighted by molar-refractivity contribution is -0.126. The molecule has 0 unspecified atom stereocenters. The minimum atomic E-state index is 0.369. The van der Waals surface area contributed by atoms with Gasteiger partial charge in [0.05, 0.1) is 0 Å². The van der Waals surface area contributed by atoms with Crippen LogP contribution in [0.1, 0.15) is 175 Å². The molecule has 33 heavy (non-hydrogen) atoms. The molecular formula is C30H61NOS. The number of hydrogen-bond donors (Lipinski definition) is 0. The maximum atomic E-state index is 12.5. The van der Waals surface area contributed by atoms with Crippen LogP contribution in [0.4, 0.5) is 0 Å². The molecule has 3 heteroatoms. The summed E-state index contributed by atoms with van der Waals surface area (Å²) in [5.41, 5.74) is 0. The predicted molar refractivity (Wildman–Crippen MR) is 152 cm³/mol. The molecule has 2 nitrogen and oxygen atoms in total. The van der Waals surface area contributed by atoms with E-state index in [1.165, 1.54) is 135 Å². The first-order chi connectivity index (χ1) is 16.3. The van der Waals surface area contributed by atoms with Crippen LogP contribution in [0.3, 0.4) is 0 Å². The van der Waals surface area contributed by atoms with Crippen molar-refractivity contribution in [2.24, 2.45) is 0 Å². The average molecular weight is 484 g/mol. The van der Waals surface area contributed by atoms with Gasteiger partial charge in [0.25, 0.3) is 0 Å². The number of rotatable bonds is 27. The van der Waals surface area contributed by atoms with Gasteiger partial charge in [-0.05, 0) is 31.2 Å². The summed E-state index contributed by atoms with van der Waals surface area (Å²) in [6, 6.07) is 0. The van der Waals surface area contributed by atoms with Gasteiger partial charge in [-0.1, -0.05) is 149 Å². The number of carbonyl (C=O) groups excluding carboxylic acids is 1. The topological polar surface area (TPSA) is 20.3 Å². The van der Waals surface area contributed by atoms with Crippen molar-refractivity contribution in [2.75, 3.05) is 12.3 Å². The second-order valence-electron chi connectivity index (χ2n) is 10.2. The van der Waals surface area contributed by atoms with Gasteiger partial charge in [-0.3, -0.25) is 9.10 Å². The summed E-state index contributed by atoms with van der Waals surface area (Å²) in [4.78, 5) is 12.5. The SMILES string of the molecule is CCCCCCCCCCCCCCCCCCCCC(=O)N(CCC)SCCCCCC. The lowest BCUT2D eigenvalue weighted by atomic mass is 10.0. The minimum absolute atomic E-state index is 0.369. The van der Waals surface area contributed by atoms with Crippen molar-refractivity contribution in [1.29, 1.82) is 0 Å². The molecule has 0 aromatic carbocycles. The van der Waals surface area contributed by atoms with E-state index in [1.807, 2.05) is 0 Å². The molecule has 0 atom stereocenters. The third-order valence-corrected chi connectivity index (χ3v) is 7.86. The van der Waals surface area contributed by atoms with Gasteiger partial charge in [-0.25, -0.2) is 0 Å². The van der Waals surface area contributed by atoms with Crippen molar-refractivity contribution in [1.82, 2.24) is 4.31 Å². The van der Waals surface area contributed by atoms with Gasteiger partial charge in [0, 0.05) is 18.7 Å². The molecule has 0 aliphatic rings. The number of unbranched alkanes of at least 4 members (excludes halogenated alkanes) is 20. The first kappa shape index (κ1) is 32.8. The smallest absolute Gasteiger partial charge is 0.232 e. The van der Waals surface area contributed by atoms with Crippen LogP contribution >= 0.6 is 11.9 Å². The largest absolute Gasteiger partial charge is 0.286 e. The van der Waals surface area contributed by atoms with E-state index in [0.717, 1.165) is 31.6 Å². The third kappa shape index (κ3) is 24.7. The van der Waals surface area contributed by atoms with Crippen molar-refractivity contribution in [3.05, 3.63) is 0 Å². The first-order valence-corrected chi connectivity index (χ1v) is 16.1. The summed E-state index contributed by atoms with van der Waals surface area (Å²) >= 11 is 1.78. The van der Waals surface area contributed by atoms with E-state index in [4.69, 9.17) is 0 Å². The van der Waals surface area contributed by atoms with E-state index in [-0.39, 0.29) is 0 Å². The van der Waals surface area contributed by atoms with Crippen molar-refractivity contribution in [3.8, 4) is 0 Å². The zero-order chi connectivity index (χ0) is 24.2. The molecular weight excluding hydrogens is 422 g/mol. The Morgan fingerprint density at radius 3 is 1.24 bits per heavy atom. The lowest BCUT2D eigenvalue weighted by Gasteiger charge is -2.20. The Balaban J connectivity index is 3.40. The molecule has 0 N–H and O–H groups in total. The summed E-state index contributed by atoms with van der Waals surface area (Å²) in [5, 5.41) is 0. The maximum absolute atomic E-state index is 12.5. The van der Waals surface area contributed by atoms with Gasteiger partial charge in [0.15, 0.2) is 0 Å². The number of hydrogen-bond acceptors (Lipinski definition) is 2. The van der Waals surface area contributed by atoms with E-state index in [2.05, 4.69) is 25.1 Å². The second-order valence-corrected chi connectivity index (χ2v) is 11.3. The molecule has 0 saturated heterocycles. The third-order valence-electron chi connectivity index (χ3n) is 6.69. The van der Waals surface area contributed by atoms with Gasteiger partial charge in [-0.2, -0.15) is 0 Å². The van der Waals surface area contributed by atoms with Gasteiger partial charge in [-0.15, -0.1) is 0 Å². The fourth-order valence-corrected chi connectivity index (χ4v) is 5.57. The molecule has 0 aromatic heterocycles. The highest BCUT2D eigenvalue weighted by Gasteiger charge is 2.12. The van der Waals surface area contributed by atoms with Crippen molar-refractivity contribution < 1.29 is 4.79 Å². The minimum Gasteiger partial charge on any atom is -0.286 e. The molecule has 1 amide bonds. The highest BCUT2D eigenvalue weighted by Crippen LogP contribution is 2.18. The average Bonchev–Trinajstić information content (AvgIpc) is 2.82. The van der Waals surface area contributed by atoms with Gasteiger partial charge < -0.3 is 0 Å². The van der Waals surface area contributed by atoms with Crippen molar-refractivity contribution >= 4 is 17.9 Å². The fraction of sp³-hybridized carbons (Fsp3) is 0.967. The van der Waals surface area contributed by atoms with Crippen LogP contribution in [0.2, 0.25) is 0 Å². The number of nitrogens with zero attached hydrogens (tertiary/aromatic N) is 1. The van der Waals surface area contributed by atoms with E-state index in [9.17, 15) is 4.79 Å². The monoisotopic (exact) mass is 483 g/mol. The van der Waals surface area contributed by atoms with Crippen LogP contribution in [0, 0.1) is 0 Å². The summed E-state index contributed by atoms with van der Waals surface area (Å²) in [5.74, 6) is 1.47. The molecule has 0 rings (SSSR count). The van der Waals surface area contributed by atoms with Crippen molar-refractivity contribution in [3.63, 3.8) is 0 Å². The summed E-state index contributed by atoms with van der Waals surface area (Å²) in [6.45, 7) is 7.63. The molecule has 0 radical (unpaired) electrons. The summed E-state index contributed by atoms with van der Waals surface area (Å²) < 4.78 is 2.06. The standard InChI is InChI=1S/C30H61NOS/c1-4-7-9-11-12-13-14-15-16-17-18-19-20-21-22-23-24-25-27-30(32)31(28-6-3)33-29-26-10-8-5-2/h4-29H2,1-3H3. The lowest BCUT2D eigenvalue weighted by Crippen LogP contribution is -2.25. The maximum Gasteiger partial charge on any atom is 0.232 e. The molecule has 0 heterocycles. The normalized spacial score (nSPS) is 11.2. The predicted octanol–water partition coefficient (Wildman–Crippen LogP) is 10.9. The first-order valence-electron chi connectivity index (χ1n) is 15.2. The van der Waals surface area contributed by atoms with E-state index >= 15 is 0 Å². The van der Waals surface area contributed by atoms with Gasteiger partial charge >= 0.3 is 0 Å². The Labute approximate surface area is 214 Å². The molecule has 0 spiro atoms. The van der Waals surface area contributed by atoms with Crippen LogP contribution in [0.5, 0.6) is 0 Å². The second kappa shape index (κ2) is 28.1. The molecule has 0 saturated carbocycles. The Morgan fingerprint density at radius 1 is 0.485 bits per heavy atom. The fourth-order valence-electron chi connectivity index (χ4n) is 4.47. The summed E-state index contributed by atoms with van der Waals surface area (Å²) in [7, 11) is 0. The molecule has 0 aliphatic carbocycles. The molecule has 0 aromatic rings. The van der Waals surface area contributed by atoms with Crippen LogP contribution in [-0.4, -0.2) is 22.5 Å². The quantitative estimate of drug-likeness (QED) is 0.0855. The highest BCUT2D eigenvalue weighted by molar-refractivity contribution is 7.97. The zero-order valence-electron chi connectivity index (χ0n) is 23.1. The number of amides is 1. The van der Waals surface area contributed by atoms with Crippen LogP contribution in [0.25, 0.3) is 0 Å².